The first kappa shape index (κ1) is 18.6. The summed E-state index contributed by atoms with van der Waals surface area (Å²) in [5.74, 6) is -0.215. The van der Waals surface area contributed by atoms with Gasteiger partial charge >= 0.3 is 0 Å². The summed E-state index contributed by atoms with van der Waals surface area (Å²) in [6.45, 7) is 1.91. The number of benzene rings is 1. The van der Waals surface area contributed by atoms with Crippen LogP contribution < -0.4 is 10.6 Å². The van der Waals surface area contributed by atoms with Gasteiger partial charge in [-0.25, -0.2) is 4.98 Å². The van der Waals surface area contributed by atoms with E-state index in [1.807, 2.05) is 25.1 Å². The standard InChI is InChI=1S/C19H21ClN4OS/c1-12-5-4-6-15(20)17(12)23-18(25)16-11-21-19(26-16)22-13-7-9-14(10-8-13)24(2)3/h4-9,11,14H,10H2,1-3H3,(H,21,22)(H,23,25). The van der Waals surface area contributed by atoms with Gasteiger partial charge in [0, 0.05) is 11.7 Å². The highest BCUT2D eigenvalue weighted by Crippen LogP contribution is 2.27. The van der Waals surface area contributed by atoms with Crippen molar-refractivity contribution in [1.29, 1.82) is 0 Å². The Balaban J connectivity index is 1.65. The highest BCUT2D eigenvalue weighted by Gasteiger charge is 2.15. The quantitative estimate of drug-likeness (QED) is 0.789. The first-order valence-corrected chi connectivity index (χ1v) is 9.47. The van der Waals surface area contributed by atoms with Gasteiger partial charge in [-0.15, -0.1) is 0 Å². The molecule has 1 aliphatic rings. The fourth-order valence-corrected chi connectivity index (χ4v) is 3.61. The minimum Gasteiger partial charge on any atom is -0.332 e. The van der Waals surface area contributed by atoms with E-state index in [1.165, 1.54) is 11.3 Å². The number of halogens is 1. The predicted octanol–water partition coefficient (Wildman–Crippen LogP) is 4.54. The number of allylic oxidation sites excluding steroid dienone is 1. The van der Waals surface area contributed by atoms with Crippen LogP contribution in [0.5, 0.6) is 0 Å². The van der Waals surface area contributed by atoms with E-state index in [-0.39, 0.29) is 5.91 Å². The minimum absolute atomic E-state index is 0.215. The Morgan fingerprint density at radius 1 is 1.38 bits per heavy atom. The van der Waals surface area contributed by atoms with Gasteiger partial charge in [0.05, 0.1) is 16.9 Å². The number of anilines is 2. The summed E-state index contributed by atoms with van der Waals surface area (Å²) < 4.78 is 0. The van der Waals surface area contributed by atoms with Gasteiger partial charge in [-0.2, -0.15) is 0 Å². The summed E-state index contributed by atoms with van der Waals surface area (Å²) in [5.41, 5.74) is 2.54. The summed E-state index contributed by atoms with van der Waals surface area (Å²) >= 11 is 7.48. The predicted molar refractivity (Wildman–Crippen MR) is 109 cm³/mol. The first-order chi connectivity index (χ1) is 12.4. The molecule has 2 N–H and O–H groups in total. The lowest BCUT2D eigenvalue weighted by molar-refractivity contribution is 0.103. The Hall–Kier alpha value is -2.15. The largest absolute Gasteiger partial charge is 0.332 e. The molecule has 1 aliphatic carbocycles. The molecule has 26 heavy (non-hydrogen) atoms. The average molecular weight is 389 g/mol. The van der Waals surface area contributed by atoms with Crippen molar-refractivity contribution in [3.05, 3.63) is 63.8 Å². The Bertz CT molecular complexity index is 852. The fourth-order valence-electron chi connectivity index (χ4n) is 2.61. The van der Waals surface area contributed by atoms with Gasteiger partial charge in [0.1, 0.15) is 4.88 Å². The molecule has 0 fully saturated rings. The Labute approximate surface area is 162 Å². The van der Waals surface area contributed by atoms with E-state index >= 15 is 0 Å². The van der Waals surface area contributed by atoms with Gasteiger partial charge in [0.2, 0.25) is 0 Å². The highest BCUT2D eigenvalue weighted by molar-refractivity contribution is 7.17. The molecule has 1 amide bonds. The first-order valence-electron chi connectivity index (χ1n) is 8.28. The van der Waals surface area contributed by atoms with Crippen molar-refractivity contribution in [1.82, 2.24) is 9.88 Å². The third-order valence-corrected chi connectivity index (χ3v) is 5.41. The van der Waals surface area contributed by atoms with Crippen LogP contribution >= 0.6 is 22.9 Å². The molecule has 136 valence electrons. The number of para-hydroxylation sites is 1. The molecule has 1 unspecified atom stereocenters. The van der Waals surface area contributed by atoms with Crippen LogP contribution in [0.3, 0.4) is 0 Å². The maximum atomic E-state index is 12.5. The number of rotatable bonds is 5. The maximum absolute atomic E-state index is 12.5. The van der Waals surface area contributed by atoms with Crippen molar-refractivity contribution in [3.8, 4) is 0 Å². The van der Waals surface area contributed by atoms with Crippen molar-refractivity contribution < 1.29 is 4.79 Å². The molecule has 3 rings (SSSR count). The molecule has 0 aliphatic heterocycles. The van der Waals surface area contributed by atoms with E-state index in [1.54, 1.807) is 12.3 Å². The van der Waals surface area contributed by atoms with Gasteiger partial charge in [0.25, 0.3) is 5.91 Å². The van der Waals surface area contributed by atoms with Crippen LogP contribution in [0.1, 0.15) is 21.7 Å². The third kappa shape index (κ3) is 4.33. The molecule has 1 atom stereocenters. The average Bonchev–Trinajstić information content (AvgIpc) is 3.07. The fraction of sp³-hybridized carbons (Fsp3) is 0.263. The second-order valence-electron chi connectivity index (χ2n) is 6.33. The summed E-state index contributed by atoms with van der Waals surface area (Å²) in [7, 11) is 4.13. The zero-order valence-electron chi connectivity index (χ0n) is 14.9. The summed E-state index contributed by atoms with van der Waals surface area (Å²) in [6, 6.07) is 5.93. The monoisotopic (exact) mass is 388 g/mol. The highest BCUT2D eigenvalue weighted by atomic mass is 35.5. The molecule has 1 aromatic carbocycles. The van der Waals surface area contributed by atoms with Gasteiger partial charge in [-0.1, -0.05) is 47.2 Å². The molecular weight excluding hydrogens is 368 g/mol. The zero-order chi connectivity index (χ0) is 18.7. The van der Waals surface area contributed by atoms with Crippen molar-refractivity contribution in [2.45, 2.75) is 19.4 Å². The molecule has 0 radical (unpaired) electrons. The number of amides is 1. The number of likely N-dealkylation sites (N-methyl/N-ethyl adjacent to an activating group) is 1. The number of nitrogens with one attached hydrogen (secondary N) is 2. The van der Waals surface area contributed by atoms with E-state index in [0.717, 1.165) is 17.7 Å². The molecule has 0 spiro atoms. The second-order valence-corrected chi connectivity index (χ2v) is 7.76. The van der Waals surface area contributed by atoms with Crippen LogP contribution in [-0.2, 0) is 0 Å². The van der Waals surface area contributed by atoms with E-state index in [4.69, 9.17) is 11.6 Å². The van der Waals surface area contributed by atoms with Crippen molar-refractivity contribution >= 4 is 39.7 Å². The molecule has 1 heterocycles. The SMILES string of the molecule is Cc1cccc(Cl)c1NC(=O)c1cnc(NC2=CCC(N(C)C)C=C2)s1. The van der Waals surface area contributed by atoms with E-state index < -0.39 is 0 Å². The smallest absolute Gasteiger partial charge is 0.267 e. The number of nitrogens with zero attached hydrogens (tertiary/aromatic N) is 2. The number of hydrogen-bond donors (Lipinski definition) is 2. The number of aryl methyl sites for hydroxylation is 1. The molecule has 2 aromatic rings. The summed E-state index contributed by atoms with van der Waals surface area (Å²) in [4.78, 5) is 19.5. The van der Waals surface area contributed by atoms with Gasteiger partial charge < -0.3 is 15.5 Å². The Morgan fingerprint density at radius 3 is 2.85 bits per heavy atom. The number of thiazole rings is 1. The van der Waals surface area contributed by atoms with Crippen LogP contribution in [0.25, 0.3) is 0 Å². The van der Waals surface area contributed by atoms with Crippen LogP contribution in [0.2, 0.25) is 5.02 Å². The maximum Gasteiger partial charge on any atom is 0.267 e. The van der Waals surface area contributed by atoms with Crippen LogP contribution in [0.4, 0.5) is 10.8 Å². The molecule has 1 aromatic heterocycles. The molecular formula is C19H21ClN4OS. The number of hydrogen-bond acceptors (Lipinski definition) is 5. The van der Waals surface area contributed by atoms with Crippen molar-refractivity contribution in [3.63, 3.8) is 0 Å². The summed E-state index contributed by atoms with van der Waals surface area (Å²) in [5, 5.41) is 7.33. The van der Waals surface area contributed by atoms with Gasteiger partial charge in [-0.3, -0.25) is 4.79 Å². The minimum atomic E-state index is -0.215. The molecule has 0 saturated heterocycles. The third-order valence-electron chi connectivity index (χ3n) is 4.18. The van der Waals surface area contributed by atoms with Crippen molar-refractivity contribution in [2.24, 2.45) is 0 Å². The normalized spacial score (nSPS) is 16.5. The van der Waals surface area contributed by atoms with Crippen LogP contribution in [0, 0.1) is 6.92 Å². The lowest BCUT2D eigenvalue weighted by atomic mass is 10.1. The van der Waals surface area contributed by atoms with Crippen molar-refractivity contribution in [2.75, 3.05) is 24.7 Å². The number of carbonyl (C=O) groups is 1. The second kappa shape index (κ2) is 8.03. The topological polar surface area (TPSA) is 57.3 Å². The number of aromatic nitrogens is 1. The Morgan fingerprint density at radius 2 is 2.19 bits per heavy atom. The van der Waals surface area contributed by atoms with Crippen LogP contribution in [0.15, 0.2) is 48.3 Å². The molecule has 7 heteroatoms. The zero-order valence-corrected chi connectivity index (χ0v) is 16.5. The van der Waals surface area contributed by atoms with Gasteiger partial charge in [-0.05, 0) is 45.1 Å². The molecule has 0 bridgehead atoms. The molecule has 0 saturated carbocycles. The lowest BCUT2D eigenvalue weighted by Crippen LogP contribution is -2.26. The molecule has 5 nitrogen and oxygen atoms in total. The van der Waals surface area contributed by atoms with E-state index in [2.05, 4.69) is 46.8 Å². The van der Waals surface area contributed by atoms with E-state index in [0.29, 0.717) is 26.8 Å². The van der Waals surface area contributed by atoms with E-state index in [9.17, 15) is 4.79 Å². The summed E-state index contributed by atoms with van der Waals surface area (Å²) in [6.07, 6.45) is 8.85. The van der Waals surface area contributed by atoms with Crippen LogP contribution in [-0.4, -0.2) is 35.9 Å². The van der Waals surface area contributed by atoms with Gasteiger partial charge in [0.15, 0.2) is 5.13 Å². The Kier molecular flexibility index (Phi) is 5.76. The lowest BCUT2D eigenvalue weighted by Gasteiger charge is -2.22. The number of carbonyl (C=O) groups excluding carboxylic acids is 1.